The number of pyridine rings is 1. The van der Waals surface area contributed by atoms with Crippen LogP contribution in [0, 0.1) is 0 Å². The molecule has 0 aliphatic heterocycles. The van der Waals surface area contributed by atoms with Crippen molar-refractivity contribution in [3.63, 3.8) is 0 Å². The molecular weight excluding hydrogens is 255 g/mol. The lowest BCUT2D eigenvalue weighted by atomic mass is 10.3. The Labute approximate surface area is 106 Å². The number of rotatable bonds is 1. The van der Waals surface area contributed by atoms with E-state index in [0.717, 1.165) is 4.57 Å². The van der Waals surface area contributed by atoms with Crippen LogP contribution in [0.4, 0.5) is 13.2 Å². The highest BCUT2D eigenvalue weighted by atomic mass is 19.4. The van der Waals surface area contributed by atoms with Crippen molar-refractivity contribution in [3.8, 4) is 5.69 Å². The van der Waals surface area contributed by atoms with Gasteiger partial charge >= 0.3 is 6.18 Å². The Bertz CT molecular complexity index is 717. The molecule has 0 spiro atoms. The smallest absolute Gasteiger partial charge is 0.289 e. The summed E-state index contributed by atoms with van der Waals surface area (Å²) >= 11 is 0. The molecule has 19 heavy (non-hydrogen) atoms. The van der Waals surface area contributed by atoms with Crippen LogP contribution in [0.5, 0.6) is 0 Å². The molecule has 0 bridgehead atoms. The average molecular weight is 263 g/mol. The van der Waals surface area contributed by atoms with E-state index in [2.05, 4.69) is 9.97 Å². The van der Waals surface area contributed by atoms with Crippen LogP contribution in [-0.4, -0.2) is 14.5 Å². The number of halogens is 3. The molecule has 3 nitrogen and oxygen atoms in total. The Morgan fingerprint density at radius 3 is 2.42 bits per heavy atom. The van der Waals surface area contributed by atoms with Crippen molar-refractivity contribution in [3.05, 3.63) is 54.6 Å². The van der Waals surface area contributed by atoms with Gasteiger partial charge in [0.25, 0.3) is 0 Å². The zero-order chi connectivity index (χ0) is 13.5. The van der Waals surface area contributed by atoms with Crippen molar-refractivity contribution in [1.29, 1.82) is 0 Å². The maximum Gasteiger partial charge on any atom is 0.450 e. The van der Waals surface area contributed by atoms with Crippen molar-refractivity contribution in [2.75, 3.05) is 0 Å². The number of benzene rings is 1. The second kappa shape index (κ2) is 4.08. The number of imidazole rings is 1. The van der Waals surface area contributed by atoms with Gasteiger partial charge in [0.1, 0.15) is 5.52 Å². The molecule has 0 saturated carbocycles. The van der Waals surface area contributed by atoms with Crippen LogP contribution in [0.3, 0.4) is 0 Å². The van der Waals surface area contributed by atoms with Crippen LogP contribution in [0.2, 0.25) is 0 Å². The van der Waals surface area contributed by atoms with Gasteiger partial charge in [0.05, 0.1) is 11.7 Å². The molecule has 0 unspecified atom stereocenters. The first-order chi connectivity index (χ1) is 9.07. The Hall–Kier alpha value is -2.37. The van der Waals surface area contributed by atoms with Gasteiger partial charge in [0.2, 0.25) is 5.82 Å². The SMILES string of the molecule is FC(F)(F)c1nc2cnccc2n1-c1ccccc1. The Balaban J connectivity index is 2.38. The monoisotopic (exact) mass is 263 g/mol. The van der Waals surface area contributed by atoms with Crippen LogP contribution in [0.1, 0.15) is 5.82 Å². The lowest BCUT2D eigenvalue weighted by molar-refractivity contribution is -0.145. The number of hydrogen-bond acceptors (Lipinski definition) is 2. The van der Waals surface area contributed by atoms with Crippen molar-refractivity contribution in [2.24, 2.45) is 0 Å². The number of fused-ring (bicyclic) bond motifs is 1. The molecule has 0 aliphatic rings. The fourth-order valence-corrected chi connectivity index (χ4v) is 1.96. The number of alkyl halides is 3. The van der Waals surface area contributed by atoms with Gasteiger partial charge in [0, 0.05) is 11.9 Å². The highest BCUT2D eigenvalue weighted by Crippen LogP contribution is 2.33. The number of aromatic nitrogens is 3. The summed E-state index contributed by atoms with van der Waals surface area (Å²) in [5.41, 5.74) is 1.02. The van der Waals surface area contributed by atoms with Crippen LogP contribution in [0.15, 0.2) is 48.8 Å². The fraction of sp³-hybridized carbons (Fsp3) is 0.0769. The average Bonchev–Trinajstić information content (AvgIpc) is 2.79. The van der Waals surface area contributed by atoms with Gasteiger partial charge < -0.3 is 0 Å². The summed E-state index contributed by atoms with van der Waals surface area (Å²) < 4.78 is 40.3. The number of nitrogens with zero attached hydrogens (tertiary/aromatic N) is 3. The molecule has 0 atom stereocenters. The van der Waals surface area contributed by atoms with Gasteiger partial charge in [-0.05, 0) is 18.2 Å². The third-order valence-electron chi connectivity index (χ3n) is 2.72. The summed E-state index contributed by atoms with van der Waals surface area (Å²) in [7, 11) is 0. The molecule has 0 saturated heterocycles. The summed E-state index contributed by atoms with van der Waals surface area (Å²) in [6.45, 7) is 0. The van der Waals surface area contributed by atoms with Gasteiger partial charge in [-0.3, -0.25) is 9.55 Å². The normalized spacial score (nSPS) is 11.9. The molecule has 0 radical (unpaired) electrons. The second-order valence-electron chi connectivity index (χ2n) is 3.97. The van der Waals surface area contributed by atoms with Crippen LogP contribution in [0.25, 0.3) is 16.7 Å². The zero-order valence-electron chi connectivity index (χ0n) is 9.59. The van der Waals surface area contributed by atoms with E-state index in [0.29, 0.717) is 11.2 Å². The molecule has 6 heteroatoms. The minimum atomic E-state index is -4.52. The fourth-order valence-electron chi connectivity index (χ4n) is 1.96. The first-order valence-electron chi connectivity index (χ1n) is 5.52. The van der Waals surface area contributed by atoms with Gasteiger partial charge in [-0.2, -0.15) is 13.2 Å². The second-order valence-corrected chi connectivity index (χ2v) is 3.97. The van der Waals surface area contributed by atoms with E-state index in [9.17, 15) is 13.2 Å². The molecule has 0 fully saturated rings. The molecule has 2 aromatic heterocycles. The van der Waals surface area contributed by atoms with E-state index < -0.39 is 12.0 Å². The van der Waals surface area contributed by atoms with Crippen LogP contribution in [-0.2, 0) is 6.18 Å². The molecule has 0 N–H and O–H groups in total. The molecule has 0 amide bonds. The summed E-state index contributed by atoms with van der Waals surface area (Å²) in [5, 5.41) is 0. The molecule has 0 aliphatic carbocycles. The summed E-state index contributed by atoms with van der Waals surface area (Å²) in [5.74, 6) is -0.943. The van der Waals surface area contributed by atoms with Crippen molar-refractivity contribution in [1.82, 2.24) is 14.5 Å². The van der Waals surface area contributed by atoms with Crippen molar-refractivity contribution >= 4 is 11.0 Å². The summed E-state index contributed by atoms with van der Waals surface area (Å²) in [4.78, 5) is 7.44. The zero-order valence-corrected chi connectivity index (χ0v) is 9.59. The van der Waals surface area contributed by atoms with E-state index in [-0.39, 0.29) is 5.52 Å². The predicted molar refractivity (Wildman–Crippen MR) is 63.9 cm³/mol. The van der Waals surface area contributed by atoms with Gasteiger partial charge in [-0.15, -0.1) is 0 Å². The summed E-state index contributed by atoms with van der Waals surface area (Å²) in [6, 6.07) is 9.85. The maximum absolute atomic E-state index is 13.1. The molecule has 3 rings (SSSR count). The highest BCUT2D eigenvalue weighted by molar-refractivity contribution is 5.77. The highest BCUT2D eigenvalue weighted by Gasteiger charge is 2.38. The molecule has 2 heterocycles. The van der Waals surface area contributed by atoms with Crippen LogP contribution < -0.4 is 0 Å². The third-order valence-corrected chi connectivity index (χ3v) is 2.72. The lowest BCUT2D eigenvalue weighted by Crippen LogP contribution is -2.13. The summed E-state index contributed by atoms with van der Waals surface area (Å²) in [6.07, 6.45) is -1.75. The molecule has 1 aromatic carbocycles. The Kier molecular flexibility index (Phi) is 2.51. The Morgan fingerprint density at radius 2 is 1.74 bits per heavy atom. The first kappa shape index (κ1) is 11.7. The van der Waals surface area contributed by atoms with E-state index in [1.54, 1.807) is 30.3 Å². The quantitative estimate of drug-likeness (QED) is 0.673. The Morgan fingerprint density at radius 1 is 1.00 bits per heavy atom. The van der Waals surface area contributed by atoms with E-state index in [1.807, 2.05) is 0 Å². The maximum atomic E-state index is 13.1. The molecule has 96 valence electrons. The predicted octanol–water partition coefficient (Wildman–Crippen LogP) is 3.44. The lowest BCUT2D eigenvalue weighted by Gasteiger charge is -2.11. The van der Waals surface area contributed by atoms with E-state index in [1.165, 1.54) is 18.5 Å². The van der Waals surface area contributed by atoms with Gasteiger partial charge in [0.15, 0.2) is 0 Å². The van der Waals surface area contributed by atoms with Crippen molar-refractivity contribution in [2.45, 2.75) is 6.18 Å². The van der Waals surface area contributed by atoms with E-state index >= 15 is 0 Å². The van der Waals surface area contributed by atoms with Crippen molar-refractivity contribution < 1.29 is 13.2 Å². The van der Waals surface area contributed by atoms with E-state index in [4.69, 9.17) is 0 Å². The minimum Gasteiger partial charge on any atom is -0.289 e. The third kappa shape index (κ3) is 1.95. The first-order valence-corrected chi connectivity index (χ1v) is 5.52. The number of para-hydroxylation sites is 1. The standard InChI is InChI=1S/C13H8F3N3/c14-13(15,16)12-18-10-8-17-7-6-11(10)19(12)9-4-2-1-3-5-9/h1-8H. The molecule has 3 aromatic rings. The van der Waals surface area contributed by atoms with Gasteiger partial charge in [-0.25, -0.2) is 4.98 Å². The molecular formula is C13H8F3N3. The van der Waals surface area contributed by atoms with Gasteiger partial charge in [-0.1, -0.05) is 18.2 Å². The topological polar surface area (TPSA) is 30.7 Å². The largest absolute Gasteiger partial charge is 0.450 e. The van der Waals surface area contributed by atoms with Crippen LogP contribution >= 0.6 is 0 Å². The minimum absolute atomic E-state index is 0.221. The number of hydrogen-bond donors (Lipinski definition) is 0.